The van der Waals surface area contributed by atoms with Gasteiger partial charge < -0.3 is 5.32 Å². The second-order valence-corrected chi connectivity index (χ2v) is 3.62. The van der Waals surface area contributed by atoms with Gasteiger partial charge in [-0.1, -0.05) is 6.07 Å². The summed E-state index contributed by atoms with van der Waals surface area (Å²) in [4.78, 5) is 12.2. The first kappa shape index (κ1) is 11.2. The van der Waals surface area contributed by atoms with Crippen molar-refractivity contribution < 1.29 is 9.18 Å². The van der Waals surface area contributed by atoms with Crippen molar-refractivity contribution in [3.05, 3.63) is 29.6 Å². The average Bonchev–Trinajstić information content (AvgIpc) is 2.17. The van der Waals surface area contributed by atoms with Crippen LogP contribution in [0.5, 0.6) is 0 Å². The highest BCUT2D eigenvalue weighted by Gasteiger charge is 2.14. The summed E-state index contributed by atoms with van der Waals surface area (Å²) in [5.74, 6) is -0.660. The predicted octanol–water partition coefficient (Wildman–Crippen LogP) is 1.95. The molecular weight excluding hydrogens is 201 g/mol. The summed E-state index contributed by atoms with van der Waals surface area (Å²) >= 11 is 1.38. The van der Waals surface area contributed by atoms with Gasteiger partial charge in [0.25, 0.3) is 0 Å². The lowest BCUT2D eigenvalue weighted by Gasteiger charge is -2.06. The first-order chi connectivity index (χ1) is 6.70. The Kier molecular flexibility index (Phi) is 4.10. The van der Waals surface area contributed by atoms with E-state index in [4.69, 9.17) is 0 Å². The van der Waals surface area contributed by atoms with Gasteiger partial charge in [-0.3, -0.25) is 4.79 Å². The molecule has 0 aliphatic rings. The van der Waals surface area contributed by atoms with E-state index < -0.39 is 5.82 Å². The first-order valence-corrected chi connectivity index (χ1v) is 5.43. The molecule has 1 aromatic carbocycles. The molecule has 0 spiro atoms. The zero-order valence-electron chi connectivity index (χ0n) is 8.13. The fraction of sp³-hybridized carbons (Fsp3) is 0.300. The molecule has 1 aromatic rings. The number of nitrogens with one attached hydrogen (secondary N) is 1. The number of Topliss-reactive ketones (excluding diaryl/α,β-unsaturated/α-hetero) is 1. The van der Waals surface area contributed by atoms with E-state index in [-0.39, 0.29) is 17.9 Å². The van der Waals surface area contributed by atoms with Gasteiger partial charge in [0.2, 0.25) is 0 Å². The number of likely N-dealkylation sites (N-methyl/N-ethyl adjacent to an activating group) is 1. The Balaban J connectivity index is 3.10. The van der Waals surface area contributed by atoms with Crippen molar-refractivity contribution in [2.45, 2.75) is 4.90 Å². The second kappa shape index (κ2) is 5.12. The number of hydrogen-bond donors (Lipinski definition) is 1. The summed E-state index contributed by atoms with van der Waals surface area (Å²) in [6.07, 6.45) is 1.82. The smallest absolute Gasteiger partial charge is 0.180 e. The van der Waals surface area contributed by atoms with Crippen LogP contribution < -0.4 is 5.32 Å². The van der Waals surface area contributed by atoms with E-state index in [2.05, 4.69) is 5.32 Å². The number of carbonyl (C=O) groups is 1. The molecule has 1 rings (SSSR count). The molecule has 0 saturated heterocycles. The minimum absolute atomic E-state index is 0.161. The molecule has 0 atom stereocenters. The molecule has 14 heavy (non-hydrogen) atoms. The van der Waals surface area contributed by atoms with Crippen LogP contribution in [0, 0.1) is 5.82 Å². The third-order valence-corrected chi connectivity index (χ3v) is 2.59. The molecule has 4 heteroatoms. The van der Waals surface area contributed by atoms with E-state index in [9.17, 15) is 9.18 Å². The van der Waals surface area contributed by atoms with Gasteiger partial charge in [-0.15, -0.1) is 11.8 Å². The van der Waals surface area contributed by atoms with Gasteiger partial charge >= 0.3 is 0 Å². The third kappa shape index (κ3) is 2.33. The molecule has 0 fully saturated rings. The zero-order chi connectivity index (χ0) is 10.6. The Labute approximate surface area is 86.9 Å². The Morgan fingerprint density at radius 1 is 1.57 bits per heavy atom. The van der Waals surface area contributed by atoms with E-state index in [1.54, 1.807) is 19.2 Å². The van der Waals surface area contributed by atoms with Crippen LogP contribution in [0.4, 0.5) is 4.39 Å². The van der Waals surface area contributed by atoms with Gasteiger partial charge in [-0.05, 0) is 25.4 Å². The highest BCUT2D eigenvalue weighted by Crippen LogP contribution is 2.22. The van der Waals surface area contributed by atoms with Crippen molar-refractivity contribution in [3.63, 3.8) is 0 Å². The molecule has 76 valence electrons. The van der Waals surface area contributed by atoms with Crippen molar-refractivity contribution in [1.82, 2.24) is 5.32 Å². The summed E-state index contributed by atoms with van der Waals surface area (Å²) in [6, 6.07) is 4.66. The van der Waals surface area contributed by atoms with E-state index in [0.717, 1.165) is 0 Å². The number of thioether (sulfide) groups is 1. The van der Waals surface area contributed by atoms with Crippen LogP contribution in [0.2, 0.25) is 0 Å². The SMILES string of the molecule is CNCC(=O)c1c(F)cccc1SC. The Bertz CT molecular complexity index is 341. The number of rotatable bonds is 4. The minimum atomic E-state index is -0.447. The average molecular weight is 213 g/mol. The van der Waals surface area contributed by atoms with Crippen LogP contribution in [-0.4, -0.2) is 25.6 Å². The number of carbonyl (C=O) groups excluding carboxylic acids is 1. The Morgan fingerprint density at radius 3 is 2.86 bits per heavy atom. The van der Waals surface area contributed by atoms with Crippen LogP contribution in [0.1, 0.15) is 10.4 Å². The van der Waals surface area contributed by atoms with Gasteiger partial charge in [0.15, 0.2) is 5.78 Å². The first-order valence-electron chi connectivity index (χ1n) is 4.21. The standard InChI is InChI=1S/C10H12FNOS/c1-12-6-8(13)10-7(11)4-3-5-9(10)14-2/h3-5,12H,6H2,1-2H3. The van der Waals surface area contributed by atoms with Crippen LogP contribution in [-0.2, 0) is 0 Å². The largest absolute Gasteiger partial charge is 0.313 e. The van der Waals surface area contributed by atoms with Crippen LogP contribution >= 0.6 is 11.8 Å². The van der Waals surface area contributed by atoms with Crippen LogP contribution in [0.3, 0.4) is 0 Å². The molecule has 0 unspecified atom stereocenters. The molecule has 0 aliphatic carbocycles. The highest BCUT2D eigenvalue weighted by molar-refractivity contribution is 7.98. The lowest BCUT2D eigenvalue weighted by molar-refractivity contribution is 0.0986. The van der Waals surface area contributed by atoms with Crippen molar-refractivity contribution in [1.29, 1.82) is 0 Å². The molecule has 0 amide bonds. The maximum absolute atomic E-state index is 13.3. The number of hydrogen-bond acceptors (Lipinski definition) is 3. The molecule has 0 aromatic heterocycles. The minimum Gasteiger partial charge on any atom is -0.313 e. The summed E-state index contributed by atoms with van der Waals surface area (Å²) < 4.78 is 13.3. The molecule has 0 saturated carbocycles. The number of ketones is 1. The van der Waals surface area contributed by atoms with E-state index in [0.29, 0.717) is 4.90 Å². The molecule has 2 nitrogen and oxygen atoms in total. The van der Waals surface area contributed by atoms with Crippen molar-refractivity contribution in [3.8, 4) is 0 Å². The van der Waals surface area contributed by atoms with E-state index in [1.807, 2.05) is 6.26 Å². The summed E-state index contributed by atoms with van der Waals surface area (Å²) in [5, 5.41) is 2.72. The molecule has 1 N–H and O–H groups in total. The quantitative estimate of drug-likeness (QED) is 0.612. The Hall–Kier alpha value is -0.870. The van der Waals surface area contributed by atoms with Gasteiger partial charge in [-0.2, -0.15) is 0 Å². The fourth-order valence-electron chi connectivity index (χ4n) is 1.19. The summed E-state index contributed by atoms with van der Waals surface area (Å²) in [6.45, 7) is 0.161. The molecular formula is C10H12FNOS. The predicted molar refractivity (Wildman–Crippen MR) is 56.4 cm³/mol. The summed E-state index contributed by atoms with van der Waals surface area (Å²) in [5.41, 5.74) is 0.189. The van der Waals surface area contributed by atoms with Crippen molar-refractivity contribution >= 4 is 17.5 Å². The maximum Gasteiger partial charge on any atom is 0.180 e. The van der Waals surface area contributed by atoms with Gasteiger partial charge in [0.05, 0.1) is 12.1 Å². The van der Waals surface area contributed by atoms with E-state index in [1.165, 1.54) is 17.8 Å². The lowest BCUT2D eigenvalue weighted by atomic mass is 10.1. The van der Waals surface area contributed by atoms with Crippen LogP contribution in [0.25, 0.3) is 0 Å². The number of halogens is 1. The Morgan fingerprint density at radius 2 is 2.29 bits per heavy atom. The summed E-state index contributed by atoms with van der Waals surface area (Å²) in [7, 11) is 1.66. The van der Waals surface area contributed by atoms with Crippen molar-refractivity contribution in [2.24, 2.45) is 0 Å². The van der Waals surface area contributed by atoms with Gasteiger partial charge in [0, 0.05) is 4.90 Å². The zero-order valence-corrected chi connectivity index (χ0v) is 8.95. The maximum atomic E-state index is 13.3. The molecule has 0 bridgehead atoms. The van der Waals surface area contributed by atoms with Crippen LogP contribution in [0.15, 0.2) is 23.1 Å². The normalized spacial score (nSPS) is 10.2. The molecule has 0 aliphatic heterocycles. The van der Waals surface area contributed by atoms with E-state index >= 15 is 0 Å². The number of benzene rings is 1. The molecule has 0 radical (unpaired) electrons. The van der Waals surface area contributed by atoms with Gasteiger partial charge in [-0.25, -0.2) is 4.39 Å². The van der Waals surface area contributed by atoms with Gasteiger partial charge in [0.1, 0.15) is 5.82 Å². The lowest BCUT2D eigenvalue weighted by Crippen LogP contribution is -2.20. The third-order valence-electron chi connectivity index (χ3n) is 1.81. The molecule has 0 heterocycles. The highest BCUT2D eigenvalue weighted by atomic mass is 32.2. The van der Waals surface area contributed by atoms with Crippen molar-refractivity contribution in [2.75, 3.05) is 19.8 Å². The monoisotopic (exact) mass is 213 g/mol. The topological polar surface area (TPSA) is 29.1 Å². The fourth-order valence-corrected chi connectivity index (χ4v) is 1.82. The second-order valence-electron chi connectivity index (χ2n) is 2.77.